The summed E-state index contributed by atoms with van der Waals surface area (Å²) < 4.78 is 1.70. The van der Waals surface area contributed by atoms with Gasteiger partial charge < -0.3 is 12.4 Å². The first-order valence-corrected chi connectivity index (χ1v) is 10.7. The van der Waals surface area contributed by atoms with Crippen molar-refractivity contribution in [2.45, 2.75) is 0 Å². The number of nitrogens with zero attached hydrogens (tertiary/aromatic N) is 7. The van der Waals surface area contributed by atoms with Crippen LogP contribution in [0.5, 0.6) is 0 Å². The van der Waals surface area contributed by atoms with E-state index in [0.717, 1.165) is 17.1 Å². The number of rotatable bonds is 6. The maximum absolute atomic E-state index is 4.73. The van der Waals surface area contributed by atoms with Crippen molar-refractivity contribution in [3.8, 4) is 11.4 Å². The predicted octanol–water partition coefficient (Wildman–Crippen LogP) is 2.11. The number of para-hydroxylation sites is 3. The van der Waals surface area contributed by atoms with Gasteiger partial charge in [-0.05, 0) is 48.5 Å². The number of aromatic nitrogens is 4. The Morgan fingerprint density at radius 3 is 1.94 bits per heavy atom. The smallest absolute Gasteiger partial charge is 0.376 e. The second-order valence-electron chi connectivity index (χ2n) is 7.23. The van der Waals surface area contributed by atoms with Crippen molar-refractivity contribution in [2.24, 2.45) is 15.3 Å². The third-order valence-electron chi connectivity index (χ3n) is 4.83. The fourth-order valence-electron chi connectivity index (χ4n) is 3.18. The van der Waals surface area contributed by atoms with Crippen LogP contribution in [0, 0.1) is 0 Å². The molecule has 0 spiro atoms. The van der Waals surface area contributed by atoms with Crippen LogP contribution >= 0.6 is 0 Å². The number of halogens is 1. The average molecular weight is 481 g/mol. The molecule has 0 unspecified atom stereocenters. The first kappa shape index (κ1) is 23.5. The summed E-state index contributed by atoms with van der Waals surface area (Å²) in [6.07, 6.45) is 0. The zero-order valence-corrected chi connectivity index (χ0v) is 19.3. The first-order chi connectivity index (χ1) is 16.9. The minimum absolute atomic E-state index is 0. The Hall–Kier alpha value is -4.69. The van der Waals surface area contributed by atoms with Crippen molar-refractivity contribution < 1.29 is 17.1 Å². The Labute approximate surface area is 208 Å². The van der Waals surface area contributed by atoms with Crippen LogP contribution in [0.15, 0.2) is 137 Å². The molecule has 0 saturated heterocycles. The molecule has 0 aliphatic carbocycles. The molecule has 0 bridgehead atoms. The second kappa shape index (κ2) is 11.4. The second-order valence-corrected chi connectivity index (χ2v) is 7.23. The minimum atomic E-state index is 0. The first-order valence-electron chi connectivity index (χ1n) is 10.7. The van der Waals surface area contributed by atoms with Gasteiger partial charge in [-0.25, -0.2) is 0 Å². The van der Waals surface area contributed by atoms with Crippen LogP contribution in [0.4, 0.5) is 11.4 Å². The Balaban J connectivity index is 0.00000289. The molecule has 0 atom stereocenters. The Morgan fingerprint density at radius 1 is 0.714 bits per heavy atom. The maximum atomic E-state index is 4.73. The van der Waals surface area contributed by atoms with Crippen LogP contribution in [0.25, 0.3) is 11.4 Å². The Morgan fingerprint density at radius 2 is 1.29 bits per heavy atom. The van der Waals surface area contributed by atoms with Crippen LogP contribution < -0.4 is 22.5 Å². The van der Waals surface area contributed by atoms with Crippen molar-refractivity contribution in [1.82, 2.24) is 15.1 Å². The van der Waals surface area contributed by atoms with E-state index < -0.39 is 0 Å². The van der Waals surface area contributed by atoms with E-state index in [9.17, 15) is 0 Å². The van der Waals surface area contributed by atoms with E-state index in [1.165, 1.54) is 0 Å². The molecule has 35 heavy (non-hydrogen) atoms. The lowest BCUT2D eigenvalue weighted by Gasteiger charge is -2.01. The number of hydrazone groups is 1. The quantitative estimate of drug-likeness (QED) is 0.133. The molecule has 1 heterocycles. The number of hydrogen-bond donors (Lipinski definition) is 1. The molecule has 5 rings (SSSR count). The molecule has 0 aliphatic heterocycles. The standard InChI is InChI=1S/C26H21N8.ClH/c1-5-13-21(14-6-1)27-29-25(30-28-22-15-7-2-8-16-22)26-31-34(24-19-11-4-12-20-24)32-33(26)23-17-9-3-10-18-23;/h1-20,27H;1H/q+1;/p-1. The number of tetrazole rings is 1. The molecule has 4 aromatic carbocycles. The van der Waals surface area contributed by atoms with Crippen LogP contribution in [0.3, 0.4) is 0 Å². The SMILES string of the molecule is [Cl-].c1ccc(N=NC(=NNc2ccccc2)c2nn(-c3ccccc3)n[n+]2-c2ccccc2)cc1. The molecule has 5 aromatic rings. The zero-order chi connectivity index (χ0) is 23.0. The number of hydrogen-bond acceptors (Lipinski definition) is 5. The molecule has 0 fully saturated rings. The van der Waals surface area contributed by atoms with E-state index in [-0.39, 0.29) is 18.2 Å². The van der Waals surface area contributed by atoms with E-state index >= 15 is 0 Å². The van der Waals surface area contributed by atoms with Crippen LogP contribution in [0.2, 0.25) is 0 Å². The van der Waals surface area contributed by atoms with E-state index in [0.29, 0.717) is 11.5 Å². The number of azo groups is 1. The summed E-state index contributed by atoms with van der Waals surface area (Å²) in [6.45, 7) is 0. The number of amidine groups is 1. The van der Waals surface area contributed by atoms with Crippen LogP contribution in [0.1, 0.15) is 5.82 Å². The molecular formula is C26H21ClN8. The normalized spacial score (nSPS) is 11.3. The van der Waals surface area contributed by atoms with Gasteiger partial charge in [0.05, 0.1) is 21.7 Å². The lowest BCUT2D eigenvalue weighted by atomic mass is 10.3. The van der Waals surface area contributed by atoms with Crippen molar-refractivity contribution in [1.29, 1.82) is 0 Å². The highest BCUT2D eigenvalue weighted by Crippen LogP contribution is 2.13. The van der Waals surface area contributed by atoms with E-state index in [2.05, 4.69) is 20.8 Å². The van der Waals surface area contributed by atoms with Gasteiger partial charge in [0, 0.05) is 4.80 Å². The molecule has 0 radical (unpaired) electrons. The Bertz CT molecular complexity index is 1400. The van der Waals surface area contributed by atoms with Crippen molar-refractivity contribution in [3.63, 3.8) is 0 Å². The molecule has 8 nitrogen and oxygen atoms in total. The number of anilines is 1. The van der Waals surface area contributed by atoms with E-state index in [4.69, 9.17) is 10.3 Å². The van der Waals surface area contributed by atoms with Gasteiger partial charge in [-0.2, -0.15) is 0 Å². The third kappa shape index (κ3) is 5.82. The summed E-state index contributed by atoms with van der Waals surface area (Å²) in [5.74, 6) is 0.705. The fraction of sp³-hybridized carbons (Fsp3) is 0. The van der Waals surface area contributed by atoms with Gasteiger partial charge in [0.1, 0.15) is 5.69 Å². The lowest BCUT2D eigenvalue weighted by Crippen LogP contribution is -3.00. The topological polar surface area (TPSA) is 83.7 Å². The predicted molar refractivity (Wildman–Crippen MR) is 130 cm³/mol. The third-order valence-corrected chi connectivity index (χ3v) is 4.83. The average Bonchev–Trinajstić information content (AvgIpc) is 3.36. The van der Waals surface area contributed by atoms with Gasteiger partial charge in [0.25, 0.3) is 5.84 Å². The summed E-state index contributed by atoms with van der Waals surface area (Å²) in [5.41, 5.74) is 6.21. The van der Waals surface area contributed by atoms with E-state index in [1.807, 2.05) is 121 Å². The molecule has 0 amide bonds. The molecule has 1 aromatic heterocycles. The highest BCUT2D eigenvalue weighted by molar-refractivity contribution is 5.95. The van der Waals surface area contributed by atoms with Crippen molar-refractivity contribution in [2.75, 3.05) is 5.43 Å². The van der Waals surface area contributed by atoms with Gasteiger partial charge in [-0.15, -0.1) is 15.3 Å². The number of nitrogens with one attached hydrogen (secondary N) is 1. The summed E-state index contributed by atoms with van der Waals surface area (Å²) in [6, 6.07) is 38.6. The van der Waals surface area contributed by atoms with Gasteiger partial charge in [0.15, 0.2) is 5.69 Å². The van der Waals surface area contributed by atoms with E-state index in [1.54, 1.807) is 9.48 Å². The van der Waals surface area contributed by atoms with Gasteiger partial charge >= 0.3 is 5.82 Å². The monoisotopic (exact) mass is 480 g/mol. The van der Waals surface area contributed by atoms with Gasteiger partial charge in [0.2, 0.25) is 0 Å². The molecule has 1 N–H and O–H groups in total. The molecule has 0 saturated carbocycles. The summed E-state index contributed by atoms with van der Waals surface area (Å²) >= 11 is 0. The van der Waals surface area contributed by atoms with Gasteiger partial charge in [-0.3, -0.25) is 5.43 Å². The summed E-state index contributed by atoms with van der Waals surface area (Å²) in [5, 5.41) is 22.8. The molecule has 9 heteroatoms. The zero-order valence-electron chi connectivity index (χ0n) is 18.6. The van der Waals surface area contributed by atoms with Crippen molar-refractivity contribution >= 4 is 17.2 Å². The molecule has 172 valence electrons. The molecule has 0 aliphatic rings. The highest BCUT2D eigenvalue weighted by Gasteiger charge is 2.27. The van der Waals surface area contributed by atoms with Crippen molar-refractivity contribution in [3.05, 3.63) is 127 Å². The Kier molecular flexibility index (Phi) is 7.67. The highest BCUT2D eigenvalue weighted by atomic mass is 35.5. The van der Waals surface area contributed by atoms with Crippen LogP contribution in [-0.2, 0) is 0 Å². The summed E-state index contributed by atoms with van der Waals surface area (Å²) in [7, 11) is 0. The molecular weight excluding hydrogens is 460 g/mol. The fourth-order valence-corrected chi connectivity index (χ4v) is 3.18. The minimum Gasteiger partial charge on any atom is -1.00 e. The van der Waals surface area contributed by atoms with Gasteiger partial charge in [-0.1, -0.05) is 77.5 Å². The lowest BCUT2D eigenvalue weighted by molar-refractivity contribution is -0.663. The van der Waals surface area contributed by atoms with Crippen LogP contribution in [-0.4, -0.2) is 20.9 Å². The largest absolute Gasteiger partial charge is 1.00 e. The number of benzene rings is 4. The summed E-state index contributed by atoms with van der Waals surface area (Å²) in [4.78, 5) is 1.55. The maximum Gasteiger partial charge on any atom is 0.376 e.